The van der Waals surface area contributed by atoms with E-state index >= 15 is 0 Å². The van der Waals surface area contributed by atoms with Gasteiger partial charge in [-0.05, 0) is 5.56 Å². The van der Waals surface area contributed by atoms with Gasteiger partial charge in [0, 0.05) is 26.1 Å². The third-order valence-electron chi connectivity index (χ3n) is 3.05. The zero-order chi connectivity index (χ0) is 12.3. The standard InChI is InChI=1S/C13H15NO3/c15-12-6-7-14(9-11(12)13(16)17)8-10-4-2-1-3-5-10/h1-5,11H,6-9H2,(H,16,17)/t11-/m0/s1. The van der Waals surface area contributed by atoms with Crippen molar-refractivity contribution in [3.63, 3.8) is 0 Å². The summed E-state index contributed by atoms with van der Waals surface area (Å²) in [6.45, 7) is 1.68. The van der Waals surface area contributed by atoms with Crippen LogP contribution in [0.3, 0.4) is 0 Å². The van der Waals surface area contributed by atoms with Gasteiger partial charge in [-0.15, -0.1) is 0 Å². The van der Waals surface area contributed by atoms with Crippen LogP contribution in [-0.2, 0) is 16.1 Å². The maximum Gasteiger partial charge on any atom is 0.315 e. The van der Waals surface area contributed by atoms with Crippen molar-refractivity contribution < 1.29 is 14.7 Å². The molecule has 0 unspecified atom stereocenters. The SMILES string of the molecule is O=C(O)[C@H]1CN(Cc2ccccc2)CCC1=O. The molecule has 4 nitrogen and oxygen atoms in total. The Balaban J connectivity index is 1.99. The highest BCUT2D eigenvalue weighted by Crippen LogP contribution is 2.16. The molecule has 0 amide bonds. The van der Waals surface area contributed by atoms with Crippen molar-refractivity contribution >= 4 is 11.8 Å². The second-order valence-electron chi connectivity index (χ2n) is 4.33. The molecular formula is C13H15NO3. The lowest BCUT2D eigenvalue weighted by Gasteiger charge is -2.29. The zero-order valence-electron chi connectivity index (χ0n) is 9.50. The van der Waals surface area contributed by atoms with Crippen LogP contribution in [0.4, 0.5) is 0 Å². The van der Waals surface area contributed by atoms with Crippen molar-refractivity contribution in [1.82, 2.24) is 4.90 Å². The van der Waals surface area contributed by atoms with E-state index < -0.39 is 11.9 Å². The summed E-state index contributed by atoms with van der Waals surface area (Å²) in [5.74, 6) is -2.01. The highest BCUT2D eigenvalue weighted by molar-refractivity contribution is 5.99. The van der Waals surface area contributed by atoms with Gasteiger partial charge >= 0.3 is 5.97 Å². The number of benzene rings is 1. The Bertz CT molecular complexity index is 416. The molecule has 1 fully saturated rings. The van der Waals surface area contributed by atoms with Gasteiger partial charge in [0.25, 0.3) is 0 Å². The average Bonchev–Trinajstić information content (AvgIpc) is 2.32. The van der Waals surface area contributed by atoms with Crippen LogP contribution in [0.5, 0.6) is 0 Å². The van der Waals surface area contributed by atoms with Crippen molar-refractivity contribution in [2.75, 3.05) is 13.1 Å². The number of ketones is 1. The molecule has 0 aromatic heterocycles. The van der Waals surface area contributed by atoms with E-state index in [2.05, 4.69) is 0 Å². The van der Waals surface area contributed by atoms with Crippen molar-refractivity contribution in [1.29, 1.82) is 0 Å². The number of piperidine rings is 1. The third kappa shape index (κ3) is 2.91. The van der Waals surface area contributed by atoms with Gasteiger partial charge in [0.2, 0.25) is 0 Å². The van der Waals surface area contributed by atoms with Crippen LogP contribution in [0.15, 0.2) is 30.3 Å². The molecule has 0 aliphatic carbocycles. The summed E-state index contributed by atoms with van der Waals surface area (Å²) in [7, 11) is 0. The summed E-state index contributed by atoms with van der Waals surface area (Å²) in [6, 6.07) is 9.87. The van der Waals surface area contributed by atoms with Crippen LogP contribution in [-0.4, -0.2) is 34.8 Å². The van der Waals surface area contributed by atoms with Crippen LogP contribution in [0.25, 0.3) is 0 Å². The van der Waals surface area contributed by atoms with Crippen LogP contribution < -0.4 is 0 Å². The smallest absolute Gasteiger partial charge is 0.315 e. The molecule has 2 rings (SSSR count). The van der Waals surface area contributed by atoms with E-state index in [0.717, 1.165) is 5.56 Å². The number of hydrogen-bond donors (Lipinski definition) is 1. The van der Waals surface area contributed by atoms with E-state index in [0.29, 0.717) is 26.1 Å². The lowest BCUT2D eigenvalue weighted by molar-refractivity contribution is -0.148. The average molecular weight is 233 g/mol. The number of Topliss-reactive ketones (excluding diaryl/α,β-unsaturated/α-hetero) is 1. The van der Waals surface area contributed by atoms with Crippen molar-refractivity contribution in [2.45, 2.75) is 13.0 Å². The number of nitrogens with zero attached hydrogens (tertiary/aromatic N) is 1. The highest BCUT2D eigenvalue weighted by atomic mass is 16.4. The number of aliphatic carboxylic acids is 1. The van der Waals surface area contributed by atoms with Gasteiger partial charge in [-0.25, -0.2) is 0 Å². The van der Waals surface area contributed by atoms with E-state index in [1.54, 1.807) is 0 Å². The molecule has 1 aromatic rings. The number of hydrogen-bond acceptors (Lipinski definition) is 3. The Morgan fingerprint density at radius 3 is 2.71 bits per heavy atom. The maximum absolute atomic E-state index is 11.4. The van der Waals surface area contributed by atoms with Crippen molar-refractivity contribution in [3.05, 3.63) is 35.9 Å². The van der Waals surface area contributed by atoms with Gasteiger partial charge in [-0.2, -0.15) is 0 Å². The molecule has 1 atom stereocenters. The van der Waals surface area contributed by atoms with Crippen molar-refractivity contribution in [2.24, 2.45) is 5.92 Å². The molecule has 1 heterocycles. The van der Waals surface area contributed by atoms with E-state index in [1.165, 1.54) is 0 Å². The minimum Gasteiger partial charge on any atom is -0.481 e. The first-order chi connectivity index (χ1) is 8.16. The largest absolute Gasteiger partial charge is 0.481 e. The second kappa shape index (κ2) is 5.10. The number of carbonyl (C=O) groups excluding carboxylic acids is 1. The number of carboxylic acids is 1. The van der Waals surface area contributed by atoms with Gasteiger partial charge in [-0.3, -0.25) is 14.5 Å². The molecule has 1 aliphatic rings. The lowest BCUT2D eigenvalue weighted by atomic mass is 9.96. The molecule has 1 aliphatic heterocycles. The second-order valence-corrected chi connectivity index (χ2v) is 4.33. The van der Waals surface area contributed by atoms with Crippen LogP contribution in [0.1, 0.15) is 12.0 Å². The summed E-state index contributed by atoms with van der Waals surface area (Å²) in [4.78, 5) is 24.4. The quantitative estimate of drug-likeness (QED) is 0.796. The van der Waals surface area contributed by atoms with Gasteiger partial charge in [0.15, 0.2) is 0 Å². The monoisotopic (exact) mass is 233 g/mol. The van der Waals surface area contributed by atoms with E-state index in [9.17, 15) is 9.59 Å². The molecule has 0 saturated carbocycles. The van der Waals surface area contributed by atoms with Gasteiger partial charge in [-0.1, -0.05) is 30.3 Å². The van der Waals surface area contributed by atoms with Gasteiger partial charge < -0.3 is 5.11 Å². The van der Waals surface area contributed by atoms with Crippen LogP contribution in [0, 0.1) is 5.92 Å². The first kappa shape index (κ1) is 11.8. The molecule has 0 bridgehead atoms. The fourth-order valence-corrected chi connectivity index (χ4v) is 2.09. The predicted molar refractivity (Wildman–Crippen MR) is 62.5 cm³/mol. The summed E-state index contributed by atoms with van der Waals surface area (Å²) >= 11 is 0. The number of rotatable bonds is 3. The van der Waals surface area contributed by atoms with Crippen LogP contribution >= 0.6 is 0 Å². The van der Waals surface area contributed by atoms with Gasteiger partial charge in [0.1, 0.15) is 11.7 Å². The van der Waals surface area contributed by atoms with Crippen LogP contribution in [0.2, 0.25) is 0 Å². The Morgan fingerprint density at radius 2 is 2.06 bits per heavy atom. The Labute approximate surface area is 99.9 Å². The first-order valence-electron chi connectivity index (χ1n) is 5.68. The Kier molecular flexibility index (Phi) is 3.54. The molecule has 0 spiro atoms. The van der Waals surface area contributed by atoms with E-state index in [1.807, 2.05) is 35.2 Å². The minimum atomic E-state index is -1.01. The molecule has 1 saturated heterocycles. The molecular weight excluding hydrogens is 218 g/mol. The summed E-state index contributed by atoms with van der Waals surface area (Å²) in [5.41, 5.74) is 1.14. The van der Waals surface area contributed by atoms with E-state index in [4.69, 9.17) is 5.11 Å². The fourth-order valence-electron chi connectivity index (χ4n) is 2.09. The van der Waals surface area contributed by atoms with E-state index in [-0.39, 0.29) is 5.78 Å². The topological polar surface area (TPSA) is 57.6 Å². The molecule has 1 aromatic carbocycles. The number of likely N-dealkylation sites (tertiary alicyclic amines) is 1. The Morgan fingerprint density at radius 1 is 1.35 bits per heavy atom. The Hall–Kier alpha value is -1.68. The first-order valence-corrected chi connectivity index (χ1v) is 5.68. The normalized spacial score (nSPS) is 21.4. The molecule has 1 N–H and O–H groups in total. The van der Waals surface area contributed by atoms with Gasteiger partial charge in [0.05, 0.1) is 0 Å². The summed E-state index contributed by atoms with van der Waals surface area (Å²) in [5, 5.41) is 8.95. The summed E-state index contributed by atoms with van der Waals surface area (Å²) in [6.07, 6.45) is 0.337. The number of carbonyl (C=O) groups is 2. The molecule has 0 radical (unpaired) electrons. The molecule has 90 valence electrons. The number of carboxylic acid groups (broad SMARTS) is 1. The maximum atomic E-state index is 11.4. The third-order valence-corrected chi connectivity index (χ3v) is 3.05. The zero-order valence-corrected chi connectivity index (χ0v) is 9.50. The highest BCUT2D eigenvalue weighted by Gasteiger charge is 2.32. The predicted octanol–water partition coefficient (Wildman–Crippen LogP) is 1.16. The fraction of sp³-hybridized carbons (Fsp3) is 0.385. The summed E-state index contributed by atoms with van der Waals surface area (Å²) < 4.78 is 0. The minimum absolute atomic E-state index is 0.151. The molecule has 4 heteroatoms. The molecule has 17 heavy (non-hydrogen) atoms. The van der Waals surface area contributed by atoms with Crippen molar-refractivity contribution in [3.8, 4) is 0 Å². The lowest BCUT2D eigenvalue weighted by Crippen LogP contribution is -2.43.